The molecule has 0 aliphatic heterocycles. The lowest BCUT2D eigenvalue weighted by molar-refractivity contribution is -0.151. The maximum atomic E-state index is 12.2. The van der Waals surface area contributed by atoms with Crippen LogP contribution in [0.1, 0.15) is 45.0 Å². The van der Waals surface area contributed by atoms with E-state index in [0.717, 1.165) is 28.8 Å². The number of hydrogen-bond donors (Lipinski definition) is 1. The second-order valence-corrected chi connectivity index (χ2v) is 6.23. The van der Waals surface area contributed by atoms with Crippen LogP contribution in [0.25, 0.3) is 0 Å². The van der Waals surface area contributed by atoms with Crippen molar-refractivity contribution in [2.24, 2.45) is 0 Å². The van der Waals surface area contributed by atoms with Crippen LogP contribution >= 0.6 is 15.9 Å². The minimum absolute atomic E-state index is 0.195. The lowest BCUT2D eigenvalue weighted by Crippen LogP contribution is -2.51. The fourth-order valence-corrected chi connectivity index (χ4v) is 2.46. The summed E-state index contributed by atoms with van der Waals surface area (Å²) in [6.45, 7) is 11.7. The number of hydrogen-bond acceptors (Lipinski definition) is 4. The molecule has 0 aliphatic rings. The Morgan fingerprint density at radius 2 is 2.10 bits per heavy atom. The Balaban J connectivity index is 2.81. The van der Waals surface area contributed by atoms with E-state index >= 15 is 0 Å². The molecule has 0 aliphatic carbocycles. The van der Waals surface area contributed by atoms with Gasteiger partial charge in [-0.1, -0.05) is 6.92 Å². The van der Waals surface area contributed by atoms with Crippen molar-refractivity contribution in [1.82, 2.24) is 15.1 Å². The Kier molecular flexibility index (Phi) is 6.87. The molecule has 1 N–H and O–H groups in total. The second-order valence-electron chi connectivity index (χ2n) is 5.44. The van der Waals surface area contributed by atoms with Gasteiger partial charge in [0.25, 0.3) is 0 Å². The summed E-state index contributed by atoms with van der Waals surface area (Å²) in [6, 6.07) is 0. The van der Waals surface area contributed by atoms with Crippen molar-refractivity contribution in [3.05, 3.63) is 15.9 Å². The van der Waals surface area contributed by atoms with Crippen LogP contribution in [-0.2, 0) is 16.1 Å². The molecule has 0 amide bonds. The number of halogens is 1. The zero-order chi connectivity index (χ0) is 16.0. The van der Waals surface area contributed by atoms with Crippen molar-refractivity contribution in [1.29, 1.82) is 0 Å². The molecule has 0 bridgehead atoms. The van der Waals surface area contributed by atoms with Gasteiger partial charge in [-0.15, -0.1) is 0 Å². The van der Waals surface area contributed by atoms with E-state index < -0.39 is 5.54 Å². The normalized spacial score (nSPS) is 14.0. The lowest BCUT2D eigenvalue weighted by atomic mass is 9.97. The third kappa shape index (κ3) is 4.54. The third-order valence-electron chi connectivity index (χ3n) is 3.61. The number of nitrogens with zero attached hydrogens (tertiary/aromatic N) is 2. The van der Waals surface area contributed by atoms with E-state index in [1.165, 1.54) is 0 Å². The first-order chi connectivity index (χ1) is 9.85. The molecule has 120 valence electrons. The predicted molar refractivity (Wildman–Crippen MR) is 87.3 cm³/mol. The summed E-state index contributed by atoms with van der Waals surface area (Å²) < 4.78 is 8.18. The van der Waals surface area contributed by atoms with E-state index in [9.17, 15) is 4.79 Å². The molecule has 0 saturated carbocycles. The van der Waals surface area contributed by atoms with Crippen molar-refractivity contribution >= 4 is 21.9 Å². The van der Waals surface area contributed by atoms with E-state index in [0.29, 0.717) is 19.6 Å². The molecular formula is C15H26BrN3O2. The second kappa shape index (κ2) is 7.94. The molecule has 0 fully saturated rings. The van der Waals surface area contributed by atoms with Crippen molar-refractivity contribution in [2.45, 2.75) is 59.5 Å². The van der Waals surface area contributed by atoms with Gasteiger partial charge in [0.15, 0.2) is 0 Å². The van der Waals surface area contributed by atoms with Crippen LogP contribution < -0.4 is 5.32 Å². The van der Waals surface area contributed by atoms with Gasteiger partial charge in [0.05, 0.1) is 16.8 Å². The highest BCUT2D eigenvalue weighted by Crippen LogP contribution is 2.21. The third-order valence-corrected chi connectivity index (χ3v) is 4.76. The molecule has 1 aromatic rings. The molecule has 0 aromatic carbocycles. The minimum atomic E-state index is -0.676. The van der Waals surface area contributed by atoms with Crippen molar-refractivity contribution in [3.63, 3.8) is 0 Å². The van der Waals surface area contributed by atoms with E-state index in [1.54, 1.807) is 0 Å². The number of aryl methyl sites for hydroxylation is 2. The van der Waals surface area contributed by atoms with Gasteiger partial charge in [0, 0.05) is 12.2 Å². The first kappa shape index (κ1) is 18.2. The molecule has 1 unspecified atom stereocenters. The quantitative estimate of drug-likeness (QED) is 0.725. The Morgan fingerprint density at radius 1 is 1.43 bits per heavy atom. The monoisotopic (exact) mass is 359 g/mol. The molecule has 0 saturated heterocycles. The van der Waals surface area contributed by atoms with E-state index in [2.05, 4.69) is 33.3 Å². The van der Waals surface area contributed by atoms with Gasteiger partial charge >= 0.3 is 5.97 Å². The maximum Gasteiger partial charge on any atom is 0.326 e. The van der Waals surface area contributed by atoms with Gasteiger partial charge in [-0.05, 0) is 63.0 Å². The number of aromatic nitrogens is 2. The first-order valence-corrected chi connectivity index (χ1v) is 8.26. The molecule has 21 heavy (non-hydrogen) atoms. The average molecular weight is 360 g/mol. The molecule has 1 aromatic heterocycles. The SMILES string of the molecule is CCCNC(C)(CCn1nc(C)c(Br)c1C)C(=O)OCC. The molecule has 0 radical (unpaired) electrons. The van der Waals surface area contributed by atoms with E-state index in [1.807, 2.05) is 32.4 Å². The van der Waals surface area contributed by atoms with Crippen molar-refractivity contribution in [3.8, 4) is 0 Å². The number of ether oxygens (including phenoxy) is 1. The van der Waals surface area contributed by atoms with E-state index in [4.69, 9.17) is 4.74 Å². The van der Waals surface area contributed by atoms with Crippen LogP contribution in [0.4, 0.5) is 0 Å². The molecule has 0 spiro atoms. The topological polar surface area (TPSA) is 56.2 Å². The van der Waals surface area contributed by atoms with Crippen LogP contribution in [0.3, 0.4) is 0 Å². The summed E-state index contributed by atoms with van der Waals surface area (Å²) in [6.07, 6.45) is 1.61. The summed E-state index contributed by atoms with van der Waals surface area (Å²) in [7, 11) is 0. The highest BCUT2D eigenvalue weighted by molar-refractivity contribution is 9.10. The van der Waals surface area contributed by atoms with Crippen molar-refractivity contribution < 1.29 is 9.53 Å². The number of esters is 1. The van der Waals surface area contributed by atoms with Crippen LogP contribution in [0, 0.1) is 13.8 Å². The van der Waals surface area contributed by atoms with Gasteiger partial charge in [-0.25, -0.2) is 0 Å². The fourth-order valence-electron chi connectivity index (χ4n) is 2.18. The highest BCUT2D eigenvalue weighted by Gasteiger charge is 2.34. The predicted octanol–water partition coefficient (Wildman–Crippen LogP) is 2.97. The zero-order valence-corrected chi connectivity index (χ0v) is 15.2. The molecular weight excluding hydrogens is 334 g/mol. The summed E-state index contributed by atoms with van der Waals surface area (Å²) in [5.41, 5.74) is 1.37. The molecule has 5 nitrogen and oxygen atoms in total. The fraction of sp³-hybridized carbons (Fsp3) is 0.733. The van der Waals surface area contributed by atoms with Gasteiger partial charge in [-0.2, -0.15) is 5.10 Å². The van der Waals surface area contributed by atoms with Gasteiger partial charge < -0.3 is 10.1 Å². The lowest BCUT2D eigenvalue weighted by Gasteiger charge is -2.28. The number of carbonyl (C=O) groups is 1. The summed E-state index contributed by atoms with van der Waals surface area (Å²) in [5, 5.41) is 7.80. The molecule has 6 heteroatoms. The first-order valence-electron chi connectivity index (χ1n) is 7.47. The number of carbonyl (C=O) groups excluding carboxylic acids is 1. The average Bonchev–Trinajstić information content (AvgIpc) is 2.70. The Hall–Kier alpha value is -0.880. The summed E-state index contributed by atoms with van der Waals surface area (Å²) >= 11 is 3.53. The highest BCUT2D eigenvalue weighted by atomic mass is 79.9. The van der Waals surface area contributed by atoms with Crippen molar-refractivity contribution in [2.75, 3.05) is 13.2 Å². The largest absolute Gasteiger partial charge is 0.465 e. The van der Waals surface area contributed by atoms with Gasteiger partial charge in [0.2, 0.25) is 0 Å². The molecule has 1 rings (SSSR count). The van der Waals surface area contributed by atoms with Crippen LogP contribution in [0.2, 0.25) is 0 Å². The van der Waals surface area contributed by atoms with E-state index in [-0.39, 0.29) is 5.97 Å². The van der Waals surface area contributed by atoms with Crippen LogP contribution in [0.15, 0.2) is 4.47 Å². The smallest absolute Gasteiger partial charge is 0.326 e. The zero-order valence-electron chi connectivity index (χ0n) is 13.6. The standard InChI is InChI=1S/C15H26BrN3O2/c1-6-9-17-15(5,14(20)21-7-2)8-10-19-12(4)13(16)11(3)18-19/h17H,6-10H2,1-5H3. The Morgan fingerprint density at radius 3 is 2.57 bits per heavy atom. The van der Waals surface area contributed by atoms with Gasteiger partial charge in [0.1, 0.15) is 5.54 Å². The summed E-state index contributed by atoms with van der Waals surface area (Å²) in [4.78, 5) is 12.2. The molecule has 1 heterocycles. The number of rotatable bonds is 8. The van der Waals surface area contributed by atoms with Gasteiger partial charge in [-0.3, -0.25) is 9.48 Å². The molecule has 1 atom stereocenters. The number of nitrogens with one attached hydrogen (secondary N) is 1. The summed E-state index contributed by atoms with van der Waals surface area (Å²) in [5.74, 6) is -0.195. The Bertz CT molecular complexity index is 488. The maximum absolute atomic E-state index is 12.2. The Labute approximate surface area is 135 Å². The van der Waals surface area contributed by atoms with Crippen LogP contribution in [0.5, 0.6) is 0 Å². The minimum Gasteiger partial charge on any atom is -0.465 e. The van der Waals surface area contributed by atoms with Crippen LogP contribution in [-0.4, -0.2) is 34.4 Å².